The lowest BCUT2D eigenvalue weighted by Gasteiger charge is -2.10. The van der Waals surface area contributed by atoms with Gasteiger partial charge in [-0.25, -0.2) is 0 Å². The molecular weight excluding hydrogens is 366 g/mol. The van der Waals surface area contributed by atoms with Gasteiger partial charge in [0, 0.05) is 10.6 Å². The highest BCUT2D eigenvalue weighted by Crippen LogP contribution is 2.33. The topological polar surface area (TPSA) is 95.7 Å². The molecule has 1 atom stereocenters. The molecule has 0 saturated carbocycles. The summed E-state index contributed by atoms with van der Waals surface area (Å²) in [7, 11) is -5.02. The van der Waals surface area contributed by atoms with Crippen molar-refractivity contribution in [2.45, 2.75) is 11.8 Å². The number of rotatable bonds is 5. The van der Waals surface area contributed by atoms with Crippen LogP contribution in [0.5, 0.6) is 0 Å². The zero-order valence-electron chi connectivity index (χ0n) is 15.6. The number of ether oxygens (including phenoxy) is 1. The van der Waals surface area contributed by atoms with Gasteiger partial charge in [0.1, 0.15) is 5.70 Å². The third-order valence-electron chi connectivity index (χ3n) is 3.14. The van der Waals surface area contributed by atoms with Crippen molar-refractivity contribution in [3.05, 3.63) is 82.4 Å². The Labute approximate surface area is 154 Å². The predicted octanol–water partition coefficient (Wildman–Crippen LogP) is 2.65. The second-order valence-corrected chi connectivity index (χ2v) is 6.69. The van der Waals surface area contributed by atoms with Crippen LogP contribution in [0.15, 0.2) is 66.2 Å². The highest BCUT2D eigenvalue weighted by molar-refractivity contribution is 7.86. The summed E-state index contributed by atoms with van der Waals surface area (Å²) in [5.41, 5.74) is 2.41. The van der Waals surface area contributed by atoms with Gasteiger partial charge in [0.05, 0.1) is 4.11 Å². The number of benzene rings is 2. The number of nitrogens with two attached hydrogens (primary N) is 1. The van der Waals surface area contributed by atoms with Gasteiger partial charge in [-0.1, -0.05) is 54.1 Å². The number of halogens is 1. The van der Waals surface area contributed by atoms with E-state index in [1.807, 2.05) is 0 Å². The summed E-state index contributed by atoms with van der Waals surface area (Å²) >= 11 is 5.87. The van der Waals surface area contributed by atoms with Gasteiger partial charge in [0.15, 0.2) is 6.08 Å². The van der Waals surface area contributed by atoms with E-state index < -0.39 is 39.3 Å². The van der Waals surface area contributed by atoms with E-state index in [0.29, 0.717) is 0 Å². The molecule has 25 heavy (non-hydrogen) atoms. The first-order valence-electron chi connectivity index (χ1n) is 8.48. The molecule has 0 amide bonds. The molecule has 130 valence electrons. The molecule has 0 saturated heterocycles. The van der Waals surface area contributed by atoms with Gasteiger partial charge in [-0.05, 0) is 17.7 Å². The summed E-state index contributed by atoms with van der Waals surface area (Å²) in [5.74, 6) is -2.90. The Bertz CT molecular complexity index is 1080. The fourth-order valence-electron chi connectivity index (χ4n) is 2.10. The SMILES string of the molecule is [2H]C([2H])(c1ccccc1)S(=O)(=O)OC1=C(N)O[C@@]([2H])(c2cccc(Cl)c2)C1=O. The van der Waals surface area contributed by atoms with Crippen LogP contribution < -0.4 is 5.73 Å². The summed E-state index contributed by atoms with van der Waals surface area (Å²) in [4.78, 5) is 12.7. The van der Waals surface area contributed by atoms with E-state index >= 15 is 0 Å². The summed E-state index contributed by atoms with van der Waals surface area (Å²) < 4.78 is 59.0. The fraction of sp³-hybridized carbons (Fsp3) is 0.118. The van der Waals surface area contributed by atoms with Crippen LogP contribution in [0.3, 0.4) is 0 Å². The van der Waals surface area contributed by atoms with Crippen molar-refractivity contribution in [2.75, 3.05) is 0 Å². The molecule has 6 nitrogen and oxygen atoms in total. The molecule has 2 aromatic rings. The first kappa shape index (κ1) is 13.7. The summed E-state index contributed by atoms with van der Waals surface area (Å²) in [5, 5.41) is 0.224. The standard InChI is InChI=1S/C17H14ClNO5S/c18-13-8-4-7-12(9-13)15-14(20)16(17(19)23-15)24-25(21,22)10-11-5-2-1-3-6-11/h1-9,15H,10,19H2/t15-/m0/s1/i10D2,15D. The Hall–Kier alpha value is -2.51. The molecule has 8 heteroatoms. The van der Waals surface area contributed by atoms with Gasteiger partial charge in [0.2, 0.25) is 17.4 Å². The Balaban J connectivity index is 1.94. The monoisotopic (exact) mass is 382 g/mol. The number of Topliss-reactive ketones (excluding diaryl/α,β-unsaturated/α-hetero) is 1. The van der Waals surface area contributed by atoms with Crippen LogP contribution >= 0.6 is 11.6 Å². The highest BCUT2D eigenvalue weighted by atomic mass is 35.5. The maximum atomic E-state index is 12.7. The third-order valence-corrected chi connectivity index (χ3v) is 4.25. The van der Waals surface area contributed by atoms with Crippen molar-refractivity contribution >= 4 is 27.5 Å². The second kappa shape index (κ2) is 6.78. The van der Waals surface area contributed by atoms with Gasteiger partial charge >= 0.3 is 10.1 Å². The molecule has 0 aromatic heterocycles. The molecule has 2 N–H and O–H groups in total. The van der Waals surface area contributed by atoms with E-state index in [0.717, 1.165) is 0 Å². The molecular formula is C17H14ClNO5S. The van der Waals surface area contributed by atoms with Crippen molar-refractivity contribution in [3.63, 3.8) is 0 Å². The lowest BCUT2D eigenvalue weighted by atomic mass is 10.1. The second-order valence-electron chi connectivity index (χ2n) is 4.97. The first-order valence-corrected chi connectivity index (χ1v) is 8.77. The molecule has 1 heterocycles. The number of ketones is 1. The van der Waals surface area contributed by atoms with Crippen LogP contribution in [0.25, 0.3) is 0 Å². The van der Waals surface area contributed by atoms with Crippen LogP contribution in [-0.4, -0.2) is 14.2 Å². The smallest absolute Gasteiger partial charge is 0.313 e. The summed E-state index contributed by atoms with van der Waals surface area (Å²) in [6.45, 7) is 0. The molecule has 0 radical (unpaired) electrons. The largest absolute Gasteiger partial charge is 0.460 e. The van der Waals surface area contributed by atoms with Crippen molar-refractivity contribution in [3.8, 4) is 0 Å². The number of carbonyl (C=O) groups is 1. The minimum absolute atomic E-state index is 0.00928. The average Bonchev–Trinajstić information content (AvgIpc) is 2.86. The van der Waals surface area contributed by atoms with Crippen LogP contribution in [0.1, 0.15) is 21.3 Å². The zero-order valence-corrected chi connectivity index (χ0v) is 14.2. The van der Waals surface area contributed by atoms with Crippen molar-refractivity contribution in [1.29, 1.82) is 0 Å². The number of carbonyl (C=O) groups excluding carboxylic acids is 1. The maximum absolute atomic E-state index is 12.7. The highest BCUT2D eigenvalue weighted by Gasteiger charge is 2.39. The maximum Gasteiger partial charge on any atom is 0.313 e. The molecule has 0 aliphatic carbocycles. The van der Waals surface area contributed by atoms with Gasteiger partial charge in [-0.3, -0.25) is 4.79 Å². The predicted molar refractivity (Wildman–Crippen MR) is 91.6 cm³/mol. The van der Waals surface area contributed by atoms with Crippen LogP contribution in [0, 0.1) is 0 Å². The summed E-state index contributed by atoms with van der Waals surface area (Å²) in [6, 6.07) is 12.7. The third kappa shape index (κ3) is 3.94. The quantitative estimate of drug-likeness (QED) is 0.798. The normalized spacial score (nSPS) is 22.8. The van der Waals surface area contributed by atoms with Crippen molar-refractivity contribution < 1.29 is 26.2 Å². The summed E-state index contributed by atoms with van der Waals surface area (Å²) in [6.07, 6.45) is -2.40. The van der Waals surface area contributed by atoms with Gasteiger partial charge < -0.3 is 14.7 Å². The Morgan fingerprint density at radius 1 is 1.24 bits per heavy atom. The number of hydrogen-bond acceptors (Lipinski definition) is 6. The molecule has 0 bridgehead atoms. The number of hydrogen-bond donors (Lipinski definition) is 1. The lowest BCUT2D eigenvalue weighted by molar-refractivity contribution is -0.123. The van der Waals surface area contributed by atoms with Gasteiger partial charge in [0.25, 0.3) is 0 Å². The lowest BCUT2D eigenvalue weighted by Crippen LogP contribution is -2.16. The molecule has 0 spiro atoms. The van der Waals surface area contributed by atoms with E-state index in [1.54, 1.807) is 6.07 Å². The molecule has 1 aliphatic heterocycles. The van der Waals surface area contributed by atoms with Gasteiger partial charge in [-0.2, -0.15) is 8.42 Å². The molecule has 2 aromatic carbocycles. The Morgan fingerprint density at radius 2 is 1.96 bits per heavy atom. The Kier molecular flexibility index (Phi) is 3.73. The van der Waals surface area contributed by atoms with Crippen LogP contribution in [0.2, 0.25) is 5.02 Å². The minimum Gasteiger partial charge on any atom is -0.460 e. The van der Waals surface area contributed by atoms with E-state index in [2.05, 4.69) is 0 Å². The van der Waals surface area contributed by atoms with E-state index in [1.165, 1.54) is 48.5 Å². The Morgan fingerprint density at radius 3 is 2.64 bits per heavy atom. The molecule has 0 fully saturated rings. The van der Waals surface area contributed by atoms with Crippen molar-refractivity contribution in [2.24, 2.45) is 5.73 Å². The van der Waals surface area contributed by atoms with Crippen LogP contribution in [0.4, 0.5) is 0 Å². The first-order chi connectivity index (χ1) is 13.0. The van der Waals surface area contributed by atoms with Crippen molar-refractivity contribution in [1.82, 2.24) is 0 Å². The van der Waals surface area contributed by atoms with E-state index in [4.69, 9.17) is 30.4 Å². The molecule has 0 unspecified atom stereocenters. The fourth-order valence-corrected chi connectivity index (χ4v) is 3.13. The molecule has 1 aliphatic rings. The van der Waals surface area contributed by atoms with E-state index in [9.17, 15) is 13.2 Å². The van der Waals surface area contributed by atoms with Gasteiger partial charge in [-0.15, -0.1) is 0 Å². The average molecular weight is 383 g/mol. The minimum atomic E-state index is -5.02. The zero-order chi connectivity index (χ0) is 20.7. The van der Waals surface area contributed by atoms with E-state index in [-0.39, 0.29) is 16.1 Å². The van der Waals surface area contributed by atoms with Crippen LogP contribution in [-0.2, 0) is 29.5 Å². The molecule has 3 rings (SSSR count).